The molecule has 0 aromatic heterocycles. The minimum absolute atomic E-state index is 0.0279. The maximum absolute atomic E-state index is 13.1. The maximum Gasteiger partial charge on any atom is 0.307 e. The fraction of sp³-hybridized carbons (Fsp3) is 0.350. The molecule has 0 saturated carbocycles. The number of hydrogen-bond acceptors (Lipinski definition) is 7. The standard InChI is InChI=1S/C20H24N2O7S/c1-5-29-20(23)12-17(15-7-6-8-16(11-15)22(24)25)21-30(26,27)19-10-13(2)18(28-4)9-14(19)3/h6-11,17,21H,5,12H2,1-4H3/t17-/m1/s1. The molecule has 9 nitrogen and oxygen atoms in total. The molecule has 30 heavy (non-hydrogen) atoms. The van der Waals surface area contributed by atoms with E-state index in [9.17, 15) is 23.3 Å². The molecule has 0 heterocycles. The maximum atomic E-state index is 13.1. The summed E-state index contributed by atoms with van der Waals surface area (Å²) < 4.78 is 38.9. The van der Waals surface area contributed by atoms with Crippen molar-refractivity contribution in [3.8, 4) is 5.75 Å². The third kappa shape index (κ3) is 5.55. The quantitative estimate of drug-likeness (QED) is 0.363. The van der Waals surface area contributed by atoms with Crippen molar-refractivity contribution in [2.45, 2.75) is 38.1 Å². The minimum atomic E-state index is -4.06. The zero-order chi connectivity index (χ0) is 22.5. The van der Waals surface area contributed by atoms with Gasteiger partial charge in [-0.25, -0.2) is 13.1 Å². The Morgan fingerprint density at radius 1 is 1.20 bits per heavy atom. The Bertz CT molecular complexity index is 1050. The number of aryl methyl sites for hydroxylation is 2. The number of sulfonamides is 1. The lowest BCUT2D eigenvalue weighted by Gasteiger charge is -2.20. The average Bonchev–Trinajstić information content (AvgIpc) is 2.68. The van der Waals surface area contributed by atoms with E-state index in [1.165, 1.54) is 37.4 Å². The predicted octanol–water partition coefficient (Wildman–Crippen LogP) is 3.19. The van der Waals surface area contributed by atoms with Gasteiger partial charge in [0, 0.05) is 12.1 Å². The highest BCUT2D eigenvalue weighted by Crippen LogP contribution is 2.28. The summed E-state index contributed by atoms with van der Waals surface area (Å²) in [5.41, 5.74) is 1.15. The number of methoxy groups -OCH3 is 1. The second-order valence-corrected chi connectivity index (χ2v) is 8.30. The van der Waals surface area contributed by atoms with Gasteiger partial charge < -0.3 is 9.47 Å². The van der Waals surface area contributed by atoms with Crippen LogP contribution < -0.4 is 9.46 Å². The molecule has 10 heteroatoms. The number of nitrogens with zero attached hydrogens (tertiary/aromatic N) is 1. The molecule has 0 fully saturated rings. The largest absolute Gasteiger partial charge is 0.496 e. The first kappa shape index (κ1) is 23.3. The van der Waals surface area contributed by atoms with Gasteiger partial charge in [0.15, 0.2) is 0 Å². The van der Waals surface area contributed by atoms with Crippen LogP contribution in [0.5, 0.6) is 5.75 Å². The number of nitro groups is 1. The first-order valence-corrected chi connectivity index (χ1v) is 10.6. The number of nitrogens with one attached hydrogen (secondary N) is 1. The van der Waals surface area contributed by atoms with Crippen LogP contribution in [0.15, 0.2) is 41.3 Å². The molecule has 0 aliphatic heterocycles. The molecule has 0 unspecified atom stereocenters. The molecule has 2 aromatic carbocycles. The van der Waals surface area contributed by atoms with Gasteiger partial charge in [-0.2, -0.15) is 0 Å². The number of nitro benzene ring substituents is 1. The molecule has 162 valence electrons. The van der Waals surface area contributed by atoms with Crippen LogP contribution in [-0.2, 0) is 19.6 Å². The van der Waals surface area contributed by atoms with Gasteiger partial charge in [-0.05, 0) is 49.6 Å². The van der Waals surface area contributed by atoms with E-state index in [2.05, 4.69) is 4.72 Å². The van der Waals surface area contributed by atoms with Gasteiger partial charge in [0.05, 0.1) is 36.0 Å². The number of carbonyl (C=O) groups is 1. The highest BCUT2D eigenvalue weighted by atomic mass is 32.2. The fourth-order valence-electron chi connectivity index (χ4n) is 2.99. The molecular formula is C20H24N2O7S. The average molecular weight is 436 g/mol. The SMILES string of the molecule is CCOC(=O)C[C@@H](NS(=O)(=O)c1cc(C)c(OC)cc1C)c1cccc([N+](=O)[O-])c1. The smallest absolute Gasteiger partial charge is 0.307 e. The van der Waals surface area contributed by atoms with Gasteiger partial charge in [-0.1, -0.05) is 12.1 Å². The van der Waals surface area contributed by atoms with Gasteiger partial charge in [-0.15, -0.1) is 0 Å². The van der Waals surface area contributed by atoms with E-state index < -0.39 is 27.0 Å². The minimum Gasteiger partial charge on any atom is -0.496 e. The van der Waals surface area contributed by atoms with Crippen molar-refractivity contribution < 1.29 is 27.6 Å². The number of rotatable bonds is 9. The molecule has 2 aromatic rings. The molecule has 0 radical (unpaired) electrons. The Labute approximate surface area is 175 Å². The van der Waals surface area contributed by atoms with Crippen LogP contribution in [-0.4, -0.2) is 33.0 Å². The summed E-state index contributed by atoms with van der Waals surface area (Å²) in [6, 6.07) is 7.52. The summed E-state index contributed by atoms with van der Waals surface area (Å²) in [7, 11) is -2.57. The number of benzene rings is 2. The molecule has 0 spiro atoms. The molecule has 0 aliphatic carbocycles. The van der Waals surface area contributed by atoms with Crippen LogP contribution in [0.2, 0.25) is 0 Å². The number of esters is 1. The summed E-state index contributed by atoms with van der Waals surface area (Å²) in [5.74, 6) is -0.0763. The van der Waals surface area contributed by atoms with E-state index >= 15 is 0 Å². The van der Waals surface area contributed by atoms with Crippen molar-refractivity contribution in [2.75, 3.05) is 13.7 Å². The second kappa shape index (κ2) is 9.68. The topological polar surface area (TPSA) is 125 Å². The zero-order valence-corrected chi connectivity index (χ0v) is 18.0. The summed E-state index contributed by atoms with van der Waals surface area (Å²) in [6.07, 6.45) is -0.317. The number of ether oxygens (including phenoxy) is 2. The van der Waals surface area contributed by atoms with E-state index in [4.69, 9.17) is 9.47 Å². The second-order valence-electron chi connectivity index (χ2n) is 6.62. The molecule has 1 atom stereocenters. The lowest BCUT2D eigenvalue weighted by atomic mass is 10.0. The Morgan fingerprint density at radius 2 is 1.90 bits per heavy atom. The van der Waals surface area contributed by atoms with Gasteiger partial charge in [0.2, 0.25) is 10.0 Å². The summed E-state index contributed by atoms with van der Waals surface area (Å²) in [6.45, 7) is 5.11. The predicted molar refractivity (Wildman–Crippen MR) is 110 cm³/mol. The van der Waals surface area contributed by atoms with Gasteiger partial charge in [0.25, 0.3) is 5.69 Å². The van der Waals surface area contributed by atoms with Crippen LogP contribution in [0.1, 0.15) is 36.1 Å². The third-order valence-corrected chi connectivity index (χ3v) is 6.05. The lowest BCUT2D eigenvalue weighted by molar-refractivity contribution is -0.384. The highest BCUT2D eigenvalue weighted by molar-refractivity contribution is 7.89. The van der Waals surface area contributed by atoms with Crippen molar-refractivity contribution >= 4 is 21.7 Å². The molecule has 0 amide bonds. The van der Waals surface area contributed by atoms with Crippen LogP contribution >= 0.6 is 0 Å². The fourth-order valence-corrected chi connectivity index (χ4v) is 4.53. The Morgan fingerprint density at radius 3 is 2.50 bits per heavy atom. The highest BCUT2D eigenvalue weighted by Gasteiger charge is 2.27. The Balaban J connectivity index is 2.47. The van der Waals surface area contributed by atoms with Crippen molar-refractivity contribution in [1.82, 2.24) is 4.72 Å². The van der Waals surface area contributed by atoms with Gasteiger partial charge in [-0.3, -0.25) is 14.9 Å². The summed E-state index contributed by atoms with van der Waals surface area (Å²) >= 11 is 0. The van der Waals surface area contributed by atoms with Gasteiger partial charge >= 0.3 is 5.97 Å². The summed E-state index contributed by atoms with van der Waals surface area (Å²) in [5, 5.41) is 11.1. The van der Waals surface area contributed by atoms with Gasteiger partial charge in [0.1, 0.15) is 5.75 Å². The molecule has 2 rings (SSSR count). The third-order valence-electron chi connectivity index (χ3n) is 4.44. The van der Waals surface area contributed by atoms with Crippen molar-refractivity contribution in [1.29, 1.82) is 0 Å². The van der Waals surface area contributed by atoms with E-state index in [1.807, 2.05) is 0 Å². The monoisotopic (exact) mass is 436 g/mol. The lowest BCUT2D eigenvalue weighted by Crippen LogP contribution is -2.31. The molecule has 0 saturated heterocycles. The summed E-state index contributed by atoms with van der Waals surface area (Å²) in [4.78, 5) is 22.6. The Kier molecular flexibility index (Phi) is 7.52. The van der Waals surface area contributed by atoms with E-state index in [-0.39, 0.29) is 29.2 Å². The molecule has 0 aliphatic rings. The van der Waals surface area contributed by atoms with E-state index in [0.717, 1.165) is 0 Å². The molecule has 1 N–H and O–H groups in total. The van der Waals surface area contributed by atoms with Crippen LogP contribution in [0.3, 0.4) is 0 Å². The van der Waals surface area contributed by atoms with Crippen LogP contribution in [0.4, 0.5) is 5.69 Å². The molecular weight excluding hydrogens is 412 g/mol. The zero-order valence-electron chi connectivity index (χ0n) is 17.2. The van der Waals surface area contributed by atoms with E-state index in [0.29, 0.717) is 16.9 Å². The first-order valence-electron chi connectivity index (χ1n) is 9.16. The number of carbonyl (C=O) groups excluding carboxylic acids is 1. The number of non-ortho nitro benzene ring substituents is 1. The number of hydrogen-bond donors (Lipinski definition) is 1. The molecule has 0 bridgehead atoms. The van der Waals surface area contributed by atoms with Crippen molar-refractivity contribution in [3.63, 3.8) is 0 Å². The van der Waals surface area contributed by atoms with E-state index in [1.54, 1.807) is 26.8 Å². The Hall–Kier alpha value is -2.98. The van der Waals surface area contributed by atoms with Crippen molar-refractivity contribution in [3.05, 3.63) is 63.2 Å². The van der Waals surface area contributed by atoms with Crippen LogP contribution in [0, 0.1) is 24.0 Å². The van der Waals surface area contributed by atoms with Crippen molar-refractivity contribution in [2.24, 2.45) is 0 Å². The normalized spacial score (nSPS) is 12.3. The van der Waals surface area contributed by atoms with Crippen LogP contribution in [0.25, 0.3) is 0 Å². The first-order chi connectivity index (χ1) is 14.1.